The van der Waals surface area contributed by atoms with Crippen LogP contribution in [-0.2, 0) is 6.54 Å². The molecule has 0 N–H and O–H groups in total. The minimum absolute atomic E-state index is 0.170. The Balaban J connectivity index is 1.57. The first kappa shape index (κ1) is 18.7. The Morgan fingerprint density at radius 1 is 1.10 bits per heavy atom. The van der Waals surface area contributed by atoms with Gasteiger partial charge in [-0.25, -0.2) is 4.98 Å². The lowest BCUT2D eigenvalue weighted by Gasteiger charge is -2.21. The van der Waals surface area contributed by atoms with Gasteiger partial charge in [-0.1, -0.05) is 17.4 Å². The van der Waals surface area contributed by atoms with Crippen LogP contribution >= 0.6 is 11.3 Å². The molecule has 7 heteroatoms. The first-order valence-electron chi connectivity index (χ1n) is 9.70. The number of furan rings is 1. The van der Waals surface area contributed by atoms with Crippen molar-refractivity contribution >= 4 is 32.6 Å². The summed E-state index contributed by atoms with van der Waals surface area (Å²) in [5.74, 6) is 1.76. The molecule has 0 bridgehead atoms. The van der Waals surface area contributed by atoms with E-state index in [1.54, 1.807) is 29.4 Å². The van der Waals surface area contributed by atoms with Crippen LogP contribution in [0, 0.1) is 13.8 Å². The van der Waals surface area contributed by atoms with Crippen LogP contribution in [0.25, 0.3) is 10.2 Å². The SMILES string of the molecule is Cc1cc(C)c2nc(N(Cc3ccco3)C(=O)c3ccc4c(c3)OCCO4)sc2c1. The molecule has 152 valence electrons. The van der Waals surface area contributed by atoms with Gasteiger partial charge in [0.1, 0.15) is 19.0 Å². The zero-order valence-corrected chi connectivity index (χ0v) is 17.5. The number of anilines is 1. The predicted molar refractivity (Wildman–Crippen MR) is 116 cm³/mol. The summed E-state index contributed by atoms with van der Waals surface area (Å²) in [6.07, 6.45) is 1.61. The van der Waals surface area contributed by atoms with Gasteiger partial charge in [0.05, 0.1) is 23.0 Å². The van der Waals surface area contributed by atoms with Crippen molar-refractivity contribution in [2.75, 3.05) is 18.1 Å². The first-order valence-corrected chi connectivity index (χ1v) is 10.5. The van der Waals surface area contributed by atoms with E-state index in [1.165, 1.54) is 16.9 Å². The molecular formula is C23H20N2O4S. The quantitative estimate of drug-likeness (QED) is 0.458. The monoisotopic (exact) mass is 420 g/mol. The fourth-order valence-electron chi connectivity index (χ4n) is 3.59. The Morgan fingerprint density at radius 3 is 2.73 bits per heavy atom. The number of fused-ring (bicyclic) bond motifs is 2. The normalized spacial score (nSPS) is 12.9. The summed E-state index contributed by atoms with van der Waals surface area (Å²) in [7, 11) is 0. The predicted octanol–water partition coefficient (Wildman–Crippen LogP) is 5.12. The Hall–Kier alpha value is -3.32. The minimum Gasteiger partial charge on any atom is -0.486 e. The molecule has 4 aromatic rings. The molecule has 1 aliphatic heterocycles. The van der Waals surface area contributed by atoms with Crippen molar-refractivity contribution in [3.63, 3.8) is 0 Å². The third-order valence-corrected chi connectivity index (χ3v) is 6.00. The second kappa shape index (κ2) is 7.50. The molecular weight excluding hydrogens is 400 g/mol. The van der Waals surface area contributed by atoms with E-state index in [9.17, 15) is 4.79 Å². The van der Waals surface area contributed by atoms with Crippen molar-refractivity contribution in [2.45, 2.75) is 20.4 Å². The average molecular weight is 420 g/mol. The summed E-state index contributed by atoms with van der Waals surface area (Å²) in [6, 6.07) is 13.1. The number of aryl methyl sites for hydroxylation is 2. The number of hydrogen-bond acceptors (Lipinski definition) is 6. The van der Waals surface area contributed by atoms with Crippen LogP contribution in [-0.4, -0.2) is 24.1 Å². The summed E-state index contributed by atoms with van der Waals surface area (Å²) < 4.78 is 17.8. The van der Waals surface area contributed by atoms with E-state index in [2.05, 4.69) is 19.1 Å². The van der Waals surface area contributed by atoms with E-state index in [1.807, 2.05) is 19.1 Å². The van der Waals surface area contributed by atoms with Crippen LogP contribution in [0.4, 0.5) is 5.13 Å². The molecule has 2 aromatic carbocycles. The van der Waals surface area contributed by atoms with E-state index >= 15 is 0 Å². The first-order chi connectivity index (χ1) is 14.6. The van der Waals surface area contributed by atoms with Crippen LogP contribution in [0.3, 0.4) is 0 Å². The topological polar surface area (TPSA) is 64.8 Å². The molecule has 1 amide bonds. The van der Waals surface area contributed by atoms with Gasteiger partial charge < -0.3 is 13.9 Å². The van der Waals surface area contributed by atoms with Gasteiger partial charge in [0, 0.05) is 5.56 Å². The van der Waals surface area contributed by atoms with E-state index in [4.69, 9.17) is 18.9 Å². The highest BCUT2D eigenvalue weighted by molar-refractivity contribution is 7.22. The van der Waals surface area contributed by atoms with Crippen LogP contribution in [0.5, 0.6) is 11.5 Å². The maximum absolute atomic E-state index is 13.5. The van der Waals surface area contributed by atoms with E-state index in [0.717, 1.165) is 15.8 Å². The summed E-state index contributed by atoms with van der Waals surface area (Å²) in [5.41, 5.74) is 3.70. The third-order valence-electron chi connectivity index (χ3n) is 4.98. The second-order valence-electron chi connectivity index (χ2n) is 7.25. The summed E-state index contributed by atoms with van der Waals surface area (Å²) in [4.78, 5) is 20.0. The van der Waals surface area contributed by atoms with Gasteiger partial charge in [-0.05, 0) is 61.4 Å². The molecule has 0 saturated carbocycles. The van der Waals surface area contributed by atoms with Crippen molar-refractivity contribution in [3.8, 4) is 11.5 Å². The van der Waals surface area contributed by atoms with Crippen LogP contribution in [0.2, 0.25) is 0 Å². The number of aromatic nitrogens is 1. The molecule has 2 aromatic heterocycles. The number of thiazole rings is 1. The average Bonchev–Trinajstić information content (AvgIpc) is 3.41. The van der Waals surface area contributed by atoms with Gasteiger partial charge in [0.15, 0.2) is 16.6 Å². The molecule has 0 radical (unpaired) electrons. The fraction of sp³-hybridized carbons (Fsp3) is 0.217. The zero-order chi connectivity index (χ0) is 20.7. The molecule has 0 saturated heterocycles. The largest absolute Gasteiger partial charge is 0.486 e. The van der Waals surface area contributed by atoms with Crippen molar-refractivity contribution in [1.82, 2.24) is 4.98 Å². The van der Waals surface area contributed by atoms with E-state index in [0.29, 0.717) is 41.2 Å². The van der Waals surface area contributed by atoms with Gasteiger partial charge >= 0.3 is 0 Å². The molecule has 0 unspecified atom stereocenters. The standard InChI is InChI=1S/C23H20N2O4S/c1-14-10-15(2)21-20(11-14)30-23(24-21)25(13-17-4-3-7-27-17)22(26)16-5-6-18-19(12-16)29-9-8-28-18/h3-7,10-12H,8-9,13H2,1-2H3. The summed E-state index contributed by atoms with van der Waals surface area (Å²) >= 11 is 1.50. The number of ether oxygens (including phenoxy) is 2. The Kier molecular flexibility index (Phi) is 4.67. The van der Waals surface area contributed by atoms with Gasteiger partial charge in [-0.2, -0.15) is 0 Å². The molecule has 6 nitrogen and oxygen atoms in total. The highest BCUT2D eigenvalue weighted by Gasteiger charge is 2.25. The maximum atomic E-state index is 13.5. The van der Waals surface area contributed by atoms with E-state index in [-0.39, 0.29) is 12.5 Å². The molecule has 3 heterocycles. The maximum Gasteiger partial charge on any atom is 0.260 e. The number of carbonyl (C=O) groups is 1. The highest BCUT2D eigenvalue weighted by Crippen LogP contribution is 2.35. The lowest BCUT2D eigenvalue weighted by atomic mass is 10.1. The third kappa shape index (κ3) is 3.41. The number of hydrogen-bond donors (Lipinski definition) is 0. The lowest BCUT2D eigenvalue weighted by Crippen LogP contribution is -2.30. The van der Waals surface area contributed by atoms with Crippen molar-refractivity contribution in [1.29, 1.82) is 0 Å². The van der Waals surface area contributed by atoms with Gasteiger partial charge in [-0.3, -0.25) is 9.69 Å². The van der Waals surface area contributed by atoms with Crippen molar-refractivity contribution in [3.05, 3.63) is 71.2 Å². The number of amides is 1. The number of rotatable bonds is 4. The summed E-state index contributed by atoms with van der Waals surface area (Å²) in [6.45, 7) is 5.37. The smallest absolute Gasteiger partial charge is 0.260 e. The Labute approximate surface area is 177 Å². The Bertz CT molecular complexity index is 1230. The van der Waals surface area contributed by atoms with Crippen LogP contribution in [0.15, 0.2) is 53.1 Å². The molecule has 0 fully saturated rings. The second-order valence-corrected chi connectivity index (χ2v) is 8.26. The molecule has 1 aliphatic rings. The van der Waals surface area contributed by atoms with Gasteiger partial charge in [0.25, 0.3) is 5.91 Å². The highest BCUT2D eigenvalue weighted by atomic mass is 32.1. The van der Waals surface area contributed by atoms with Crippen molar-refractivity contribution in [2.24, 2.45) is 0 Å². The molecule has 30 heavy (non-hydrogen) atoms. The van der Waals surface area contributed by atoms with Crippen molar-refractivity contribution < 1.29 is 18.7 Å². The van der Waals surface area contributed by atoms with E-state index < -0.39 is 0 Å². The van der Waals surface area contributed by atoms with Gasteiger partial charge in [0.2, 0.25) is 0 Å². The molecule has 0 spiro atoms. The lowest BCUT2D eigenvalue weighted by molar-refractivity contribution is 0.0982. The number of benzene rings is 2. The minimum atomic E-state index is -0.170. The van der Waals surface area contributed by atoms with Gasteiger partial charge in [-0.15, -0.1) is 0 Å². The summed E-state index contributed by atoms with van der Waals surface area (Å²) in [5, 5.41) is 0.634. The molecule has 5 rings (SSSR count). The number of carbonyl (C=O) groups excluding carboxylic acids is 1. The molecule has 0 atom stereocenters. The Morgan fingerprint density at radius 2 is 1.93 bits per heavy atom. The van der Waals surface area contributed by atoms with Crippen LogP contribution < -0.4 is 14.4 Å². The number of nitrogens with zero attached hydrogens (tertiary/aromatic N) is 2. The zero-order valence-electron chi connectivity index (χ0n) is 16.7. The van der Waals surface area contributed by atoms with Crippen LogP contribution in [0.1, 0.15) is 27.2 Å². The molecule has 0 aliphatic carbocycles. The fourth-order valence-corrected chi connectivity index (χ4v) is 4.73.